The van der Waals surface area contributed by atoms with Crippen molar-refractivity contribution in [1.82, 2.24) is 5.32 Å². The van der Waals surface area contributed by atoms with Gasteiger partial charge < -0.3 is 10.1 Å². The van der Waals surface area contributed by atoms with Crippen molar-refractivity contribution in [2.45, 2.75) is 27.2 Å². The standard InChI is InChI=1S/C15H22ClNO2/c1-11-9-12(2)14(13(3)10-11)15(18)17-6-4-7-19-8-5-16/h9-10H,4-8H2,1-3H3,(H,17,18). The maximum Gasteiger partial charge on any atom is 0.251 e. The van der Waals surface area contributed by atoms with Gasteiger partial charge in [0.1, 0.15) is 0 Å². The van der Waals surface area contributed by atoms with E-state index < -0.39 is 0 Å². The summed E-state index contributed by atoms with van der Waals surface area (Å²) in [6, 6.07) is 4.07. The van der Waals surface area contributed by atoms with Gasteiger partial charge in [0.15, 0.2) is 0 Å². The molecule has 0 fully saturated rings. The van der Waals surface area contributed by atoms with Gasteiger partial charge in [-0.15, -0.1) is 11.6 Å². The van der Waals surface area contributed by atoms with Crippen molar-refractivity contribution < 1.29 is 9.53 Å². The summed E-state index contributed by atoms with van der Waals surface area (Å²) in [5.41, 5.74) is 4.01. The maximum absolute atomic E-state index is 12.1. The Kier molecular flexibility index (Phi) is 6.89. The van der Waals surface area contributed by atoms with Crippen LogP contribution in [0.3, 0.4) is 0 Å². The van der Waals surface area contributed by atoms with E-state index in [1.54, 1.807) is 0 Å². The van der Waals surface area contributed by atoms with Crippen LogP contribution in [0.2, 0.25) is 0 Å². The molecule has 19 heavy (non-hydrogen) atoms. The zero-order valence-electron chi connectivity index (χ0n) is 11.9. The normalized spacial score (nSPS) is 10.5. The number of carbonyl (C=O) groups is 1. The second-order valence-corrected chi connectivity index (χ2v) is 5.06. The molecule has 1 amide bonds. The Labute approximate surface area is 120 Å². The van der Waals surface area contributed by atoms with Crippen molar-refractivity contribution in [1.29, 1.82) is 0 Å². The number of hydrogen-bond acceptors (Lipinski definition) is 2. The number of rotatable bonds is 7. The number of amides is 1. The molecular weight excluding hydrogens is 262 g/mol. The fraction of sp³-hybridized carbons (Fsp3) is 0.533. The van der Waals surface area contributed by atoms with Crippen LogP contribution in [0.1, 0.15) is 33.5 Å². The van der Waals surface area contributed by atoms with Gasteiger partial charge in [0.25, 0.3) is 5.91 Å². The van der Waals surface area contributed by atoms with E-state index in [2.05, 4.69) is 5.32 Å². The smallest absolute Gasteiger partial charge is 0.251 e. The fourth-order valence-electron chi connectivity index (χ4n) is 2.16. The number of alkyl halides is 1. The minimum atomic E-state index is -0.00709. The molecule has 0 unspecified atom stereocenters. The Bertz CT molecular complexity index is 409. The molecule has 0 radical (unpaired) electrons. The number of halogens is 1. The minimum absolute atomic E-state index is 0.00709. The Morgan fingerprint density at radius 2 is 1.84 bits per heavy atom. The summed E-state index contributed by atoms with van der Waals surface area (Å²) in [5.74, 6) is 0.501. The fourth-order valence-corrected chi connectivity index (χ4v) is 2.27. The van der Waals surface area contributed by atoms with Gasteiger partial charge in [0.2, 0.25) is 0 Å². The van der Waals surface area contributed by atoms with Crippen LogP contribution in [0, 0.1) is 20.8 Å². The highest BCUT2D eigenvalue weighted by Gasteiger charge is 2.11. The molecule has 1 aromatic carbocycles. The van der Waals surface area contributed by atoms with Crippen LogP contribution in [0.4, 0.5) is 0 Å². The first kappa shape index (κ1) is 16.0. The summed E-state index contributed by atoms with van der Waals surface area (Å²) in [5, 5.41) is 2.93. The highest BCUT2D eigenvalue weighted by molar-refractivity contribution is 6.17. The van der Waals surface area contributed by atoms with Gasteiger partial charge in [-0.25, -0.2) is 0 Å². The molecule has 0 saturated carbocycles. The molecule has 0 aliphatic carbocycles. The van der Waals surface area contributed by atoms with Gasteiger partial charge >= 0.3 is 0 Å². The molecular formula is C15H22ClNO2. The van der Waals surface area contributed by atoms with Crippen LogP contribution >= 0.6 is 11.6 Å². The van der Waals surface area contributed by atoms with E-state index in [0.29, 0.717) is 25.6 Å². The van der Waals surface area contributed by atoms with Crippen molar-refractivity contribution in [3.05, 3.63) is 34.4 Å². The second-order valence-electron chi connectivity index (χ2n) is 4.68. The third kappa shape index (κ3) is 5.21. The van der Waals surface area contributed by atoms with Gasteiger partial charge in [-0.3, -0.25) is 4.79 Å². The molecule has 3 nitrogen and oxygen atoms in total. The molecule has 0 spiro atoms. The summed E-state index contributed by atoms with van der Waals surface area (Å²) < 4.78 is 5.25. The molecule has 1 aromatic rings. The number of nitrogens with one attached hydrogen (secondary N) is 1. The van der Waals surface area contributed by atoms with E-state index in [9.17, 15) is 4.79 Å². The summed E-state index contributed by atoms with van der Waals surface area (Å²) >= 11 is 5.50. The third-order valence-corrected chi connectivity index (χ3v) is 3.03. The topological polar surface area (TPSA) is 38.3 Å². The average molecular weight is 284 g/mol. The van der Waals surface area contributed by atoms with E-state index in [-0.39, 0.29) is 5.91 Å². The lowest BCUT2D eigenvalue weighted by Gasteiger charge is -2.11. The van der Waals surface area contributed by atoms with E-state index in [0.717, 1.165) is 23.1 Å². The van der Waals surface area contributed by atoms with E-state index in [4.69, 9.17) is 16.3 Å². The molecule has 4 heteroatoms. The quantitative estimate of drug-likeness (QED) is 0.617. The summed E-state index contributed by atoms with van der Waals surface area (Å²) in [6.07, 6.45) is 0.798. The second kappa shape index (κ2) is 8.18. The van der Waals surface area contributed by atoms with Crippen molar-refractivity contribution in [2.75, 3.05) is 25.6 Å². The zero-order valence-corrected chi connectivity index (χ0v) is 12.6. The molecule has 0 heterocycles. The van der Waals surface area contributed by atoms with E-state index in [1.165, 1.54) is 5.56 Å². The van der Waals surface area contributed by atoms with Gasteiger partial charge in [0, 0.05) is 24.6 Å². The number of ether oxygens (including phenoxy) is 1. The average Bonchev–Trinajstić information content (AvgIpc) is 2.32. The summed E-state index contributed by atoms with van der Waals surface area (Å²) in [4.78, 5) is 12.1. The monoisotopic (exact) mass is 283 g/mol. The summed E-state index contributed by atoms with van der Waals surface area (Å²) in [6.45, 7) is 7.78. The van der Waals surface area contributed by atoms with Crippen LogP contribution in [-0.4, -0.2) is 31.5 Å². The Morgan fingerprint density at radius 1 is 1.21 bits per heavy atom. The predicted molar refractivity (Wildman–Crippen MR) is 79.1 cm³/mol. The van der Waals surface area contributed by atoms with Crippen molar-refractivity contribution >= 4 is 17.5 Å². The number of benzene rings is 1. The predicted octanol–water partition coefficient (Wildman–Crippen LogP) is 2.99. The highest BCUT2D eigenvalue weighted by Crippen LogP contribution is 2.16. The Morgan fingerprint density at radius 3 is 2.42 bits per heavy atom. The largest absolute Gasteiger partial charge is 0.380 e. The van der Waals surface area contributed by atoms with Gasteiger partial charge in [-0.2, -0.15) is 0 Å². The maximum atomic E-state index is 12.1. The van der Waals surface area contributed by atoms with Gasteiger partial charge in [0.05, 0.1) is 6.61 Å². The molecule has 1 N–H and O–H groups in total. The van der Waals surface area contributed by atoms with Crippen LogP contribution in [-0.2, 0) is 4.74 Å². The van der Waals surface area contributed by atoms with Crippen LogP contribution in [0.5, 0.6) is 0 Å². The van der Waals surface area contributed by atoms with Crippen molar-refractivity contribution in [2.24, 2.45) is 0 Å². The number of carbonyl (C=O) groups excluding carboxylic acids is 1. The SMILES string of the molecule is Cc1cc(C)c(C(=O)NCCCOCCCl)c(C)c1. The van der Waals surface area contributed by atoms with Crippen molar-refractivity contribution in [3.63, 3.8) is 0 Å². The van der Waals surface area contributed by atoms with E-state index in [1.807, 2.05) is 32.9 Å². The first-order valence-electron chi connectivity index (χ1n) is 6.56. The number of aryl methyl sites for hydroxylation is 3. The van der Waals surface area contributed by atoms with E-state index >= 15 is 0 Å². The van der Waals surface area contributed by atoms with Crippen molar-refractivity contribution in [3.8, 4) is 0 Å². The van der Waals surface area contributed by atoms with Crippen LogP contribution in [0.15, 0.2) is 12.1 Å². The van der Waals surface area contributed by atoms with Crippen LogP contribution in [0.25, 0.3) is 0 Å². The lowest BCUT2D eigenvalue weighted by molar-refractivity contribution is 0.0943. The first-order valence-corrected chi connectivity index (χ1v) is 7.09. The molecule has 0 saturated heterocycles. The molecule has 1 rings (SSSR count). The molecule has 0 aliphatic rings. The molecule has 0 bridgehead atoms. The third-order valence-electron chi connectivity index (χ3n) is 2.88. The highest BCUT2D eigenvalue weighted by atomic mass is 35.5. The lowest BCUT2D eigenvalue weighted by Crippen LogP contribution is -2.26. The molecule has 0 aliphatic heterocycles. The van der Waals surface area contributed by atoms with Gasteiger partial charge in [-0.05, 0) is 38.3 Å². The Hall–Kier alpha value is -1.06. The molecule has 106 valence electrons. The molecule has 0 atom stereocenters. The zero-order chi connectivity index (χ0) is 14.3. The minimum Gasteiger partial charge on any atom is -0.380 e. The number of hydrogen-bond donors (Lipinski definition) is 1. The van der Waals surface area contributed by atoms with Gasteiger partial charge in [-0.1, -0.05) is 17.7 Å². The Balaban J connectivity index is 2.46. The first-order chi connectivity index (χ1) is 9.06. The molecule has 0 aromatic heterocycles. The van der Waals surface area contributed by atoms with Crippen LogP contribution < -0.4 is 5.32 Å². The lowest BCUT2D eigenvalue weighted by atomic mass is 9.99. The summed E-state index contributed by atoms with van der Waals surface area (Å²) in [7, 11) is 0.